The van der Waals surface area contributed by atoms with E-state index < -0.39 is 0 Å². The minimum Gasteiger partial charge on any atom is -0.474 e. The Labute approximate surface area is 93.6 Å². The standard InChI is InChI=1S/C9H14ClN3O2/c1-2-3-14-4-5-15-8-7(11)6-12-9(10)13-8/h6H,2-5,11H2,1H3. The number of hydrogen-bond acceptors (Lipinski definition) is 5. The summed E-state index contributed by atoms with van der Waals surface area (Å²) in [6, 6.07) is 0. The van der Waals surface area contributed by atoms with Gasteiger partial charge in [0.25, 0.3) is 0 Å². The van der Waals surface area contributed by atoms with E-state index in [9.17, 15) is 0 Å². The molecule has 0 atom stereocenters. The number of anilines is 1. The van der Waals surface area contributed by atoms with Crippen LogP contribution in [-0.2, 0) is 4.74 Å². The molecule has 6 heteroatoms. The molecule has 0 aromatic carbocycles. The summed E-state index contributed by atoms with van der Waals surface area (Å²) in [4.78, 5) is 7.56. The normalized spacial score (nSPS) is 10.3. The lowest BCUT2D eigenvalue weighted by atomic mass is 10.5. The number of aromatic nitrogens is 2. The van der Waals surface area contributed by atoms with Crippen molar-refractivity contribution in [3.8, 4) is 5.88 Å². The molecule has 0 aliphatic rings. The summed E-state index contributed by atoms with van der Waals surface area (Å²) in [5.41, 5.74) is 5.95. The molecule has 0 unspecified atom stereocenters. The molecule has 15 heavy (non-hydrogen) atoms. The molecule has 0 aliphatic heterocycles. The number of ether oxygens (including phenoxy) is 2. The van der Waals surface area contributed by atoms with Gasteiger partial charge in [-0.2, -0.15) is 4.98 Å². The highest BCUT2D eigenvalue weighted by Gasteiger charge is 2.03. The van der Waals surface area contributed by atoms with E-state index in [1.165, 1.54) is 6.20 Å². The van der Waals surface area contributed by atoms with Crippen LogP contribution in [0.15, 0.2) is 6.20 Å². The van der Waals surface area contributed by atoms with E-state index >= 15 is 0 Å². The van der Waals surface area contributed by atoms with Gasteiger partial charge in [0.2, 0.25) is 11.2 Å². The molecule has 1 aromatic heterocycles. The van der Waals surface area contributed by atoms with Crippen LogP contribution < -0.4 is 10.5 Å². The molecular formula is C9H14ClN3O2. The van der Waals surface area contributed by atoms with Crippen molar-refractivity contribution in [1.29, 1.82) is 0 Å². The van der Waals surface area contributed by atoms with E-state index in [0.717, 1.165) is 13.0 Å². The van der Waals surface area contributed by atoms with Crippen LogP contribution in [0.2, 0.25) is 5.28 Å². The number of rotatable bonds is 6. The minimum atomic E-state index is 0.119. The zero-order valence-corrected chi connectivity index (χ0v) is 9.33. The molecule has 0 saturated heterocycles. The maximum Gasteiger partial charge on any atom is 0.241 e. The third kappa shape index (κ3) is 4.31. The lowest BCUT2D eigenvalue weighted by molar-refractivity contribution is 0.0992. The van der Waals surface area contributed by atoms with Gasteiger partial charge in [0, 0.05) is 6.61 Å². The second-order valence-corrected chi connectivity index (χ2v) is 3.20. The Morgan fingerprint density at radius 1 is 1.40 bits per heavy atom. The predicted octanol–water partition coefficient (Wildman–Crippen LogP) is 1.52. The van der Waals surface area contributed by atoms with Crippen molar-refractivity contribution in [2.45, 2.75) is 13.3 Å². The molecule has 0 spiro atoms. The Morgan fingerprint density at radius 3 is 2.93 bits per heavy atom. The van der Waals surface area contributed by atoms with Gasteiger partial charge in [0.05, 0.1) is 12.8 Å². The highest BCUT2D eigenvalue weighted by atomic mass is 35.5. The lowest BCUT2D eigenvalue weighted by Crippen LogP contribution is -2.09. The molecule has 1 heterocycles. The number of nitrogens with two attached hydrogens (primary N) is 1. The Balaban J connectivity index is 2.33. The molecule has 2 N–H and O–H groups in total. The molecule has 0 saturated carbocycles. The lowest BCUT2D eigenvalue weighted by Gasteiger charge is -2.07. The second kappa shape index (κ2) is 6.42. The van der Waals surface area contributed by atoms with E-state index in [1.54, 1.807) is 0 Å². The molecule has 0 amide bonds. The van der Waals surface area contributed by atoms with Crippen LogP contribution in [0.5, 0.6) is 5.88 Å². The minimum absolute atomic E-state index is 0.119. The van der Waals surface area contributed by atoms with Crippen molar-refractivity contribution in [3.63, 3.8) is 0 Å². The largest absolute Gasteiger partial charge is 0.474 e. The Bertz CT molecular complexity index is 309. The molecule has 1 rings (SSSR count). The van der Waals surface area contributed by atoms with Crippen LogP contribution in [0, 0.1) is 0 Å². The van der Waals surface area contributed by atoms with Crippen LogP contribution in [0.3, 0.4) is 0 Å². The Kier molecular flexibility index (Phi) is 5.14. The van der Waals surface area contributed by atoms with Gasteiger partial charge < -0.3 is 15.2 Å². The first-order valence-electron chi connectivity index (χ1n) is 4.72. The molecular weight excluding hydrogens is 218 g/mol. The zero-order chi connectivity index (χ0) is 11.1. The summed E-state index contributed by atoms with van der Waals surface area (Å²) in [6.45, 7) is 3.68. The third-order valence-corrected chi connectivity index (χ3v) is 1.75. The number of hydrogen-bond donors (Lipinski definition) is 1. The topological polar surface area (TPSA) is 70.3 Å². The van der Waals surface area contributed by atoms with Gasteiger partial charge in [-0.15, -0.1) is 0 Å². The van der Waals surface area contributed by atoms with Crippen molar-refractivity contribution < 1.29 is 9.47 Å². The van der Waals surface area contributed by atoms with Gasteiger partial charge in [0.1, 0.15) is 12.3 Å². The van der Waals surface area contributed by atoms with Gasteiger partial charge >= 0.3 is 0 Å². The Morgan fingerprint density at radius 2 is 2.20 bits per heavy atom. The van der Waals surface area contributed by atoms with E-state index in [4.69, 9.17) is 26.8 Å². The fourth-order valence-electron chi connectivity index (χ4n) is 0.915. The van der Waals surface area contributed by atoms with Crippen molar-refractivity contribution in [2.75, 3.05) is 25.6 Å². The average molecular weight is 232 g/mol. The van der Waals surface area contributed by atoms with Crippen molar-refractivity contribution in [2.24, 2.45) is 0 Å². The highest BCUT2D eigenvalue weighted by Crippen LogP contribution is 2.18. The molecule has 0 bridgehead atoms. The van der Waals surface area contributed by atoms with E-state index in [2.05, 4.69) is 9.97 Å². The smallest absolute Gasteiger partial charge is 0.241 e. The SMILES string of the molecule is CCCOCCOc1nc(Cl)ncc1N. The van der Waals surface area contributed by atoms with Crippen LogP contribution in [0.4, 0.5) is 5.69 Å². The fraction of sp³-hybridized carbons (Fsp3) is 0.556. The maximum atomic E-state index is 5.59. The summed E-state index contributed by atoms with van der Waals surface area (Å²) in [6.07, 6.45) is 2.40. The average Bonchev–Trinajstić information content (AvgIpc) is 2.23. The summed E-state index contributed by atoms with van der Waals surface area (Å²) in [5, 5.41) is 0.119. The highest BCUT2D eigenvalue weighted by molar-refractivity contribution is 6.28. The number of nitrogens with zero attached hydrogens (tertiary/aromatic N) is 2. The van der Waals surface area contributed by atoms with Gasteiger partial charge in [0.15, 0.2) is 0 Å². The number of nitrogen functional groups attached to an aromatic ring is 1. The predicted molar refractivity (Wildman–Crippen MR) is 58.1 cm³/mol. The molecule has 0 radical (unpaired) electrons. The first kappa shape index (κ1) is 12.0. The van der Waals surface area contributed by atoms with Crippen LogP contribution in [0.25, 0.3) is 0 Å². The summed E-state index contributed by atoms with van der Waals surface area (Å²) >= 11 is 5.59. The van der Waals surface area contributed by atoms with Crippen molar-refractivity contribution in [1.82, 2.24) is 9.97 Å². The zero-order valence-electron chi connectivity index (χ0n) is 8.57. The van der Waals surface area contributed by atoms with E-state index in [-0.39, 0.29) is 5.28 Å². The summed E-state index contributed by atoms with van der Waals surface area (Å²) in [7, 11) is 0. The quantitative estimate of drug-likeness (QED) is 0.594. The van der Waals surface area contributed by atoms with Gasteiger partial charge in [-0.05, 0) is 18.0 Å². The van der Waals surface area contributed by atoms with Crippen LogP contribution in [-0.4, -0.2) is 29.8 Å². The summed E-state index contributed by atoms with van der Waals surface area (Å²) < 4.78 is 10.5. The molecule has 5 nitrogen and oxygen atoms in total. The molecule has 0 aliphatic carbocycles. The van der Waals surface area contributed by atoms with Crippen molar-refractivity contribution in [3.05, 3.63) is 11.5 Å². The van der Waals surface area contributed by atoms with Gasteiger partial charge in [-0.25, -0.2) is 4.98 Å². The van der Waals surface area contributed by atoms with E-state index in [1.807, 2.05) is 6.92 Å². The van der Waals surface area contributed by atoms with Crippen LogP contribution >= 0.6 is 11.6 Å². The van der Waals surface area contributed by atoms with Crippen LogP contribution in [0.1, 0.15) is 13.3 Å². The fourth-order valence-corrected chi connectivity index (χ4v) is 1.04. The molecule has 1 aromatic rings. The monoisotopic (exact) mass is 231 g/mol. The molecule has 84 valence electrons. The van der Waals surface area contributed by atoms with Gasteiger partial charge in [-0.1, -0.05) is 6.92 Å². The Hall–Kier alpha value is -1.07. The van der Waals surface area contributed by atoms with E-state index in [0.29, 0.717) is 24.8 Å². The number of halogens is 1. The second-order valence-electron chi connectivity index (χ2n) is 2.86. The van der Waals surface area contributed by atoms with Crippen molar-refractivity contribution >= 4 is 17.3 Å². The maximum absolute atomic E-state index is 5.59. The first-order valence-corrected chi connectivity index (χ1v) is 5.10. The molecule has 0 fully saturated rings. The first-order chi connectivity index (χ1) is 7.24. The third-order valence-electron chi connectivity index (χ3n) is 1.57. The van der Waals surface area contributed by atoms with Gasteiger partial charge in [-0.3, -0.25) is 0 Å². The summed E-state index contributed by atoms with van der Waals surface area (Å²) in [5.74, 6) is 0.301.